The van der Waals surface area contributed by atoms with Gasteiger partial charge in [-0.15, -0.1) is 0 Å². The van der Waals surface area contributed by atoms with Gasteiger partial charge in [0.15, 0.2) is 0 Å². The molecule has 34 heavy (non-hydrogen) atoms. The summed E-state index contributed by atoms with van der Waals surface area (Å²) < 4.78 is 5.28. The zero-order chi connectivity index (χ0) is 25.5. The van der Waals surface area contributed by atoms with E-state index in [0.717, 1.165) is 48.1 Å². The Bertz CT molecular complexity index is 929. The fourth-order valence-electron chi connectivity index (χ4n) is 4.05. The number of thiol groups is 1. The fourth-order valence-corrected chi connectivity index (χ4v) is 4.30. The predicted octanol–water partition coefficient (Wildman–Crippen LogP) is 4.04. The Morgan fingerprint density at radius 2 is 1.85 bits per heavy atom. The highest BCUT2D eigenvalue weighted by atomic mass is 32.1. The van der Waals surface area contributed by atoms with Crippen molar-refractivity contribution in [3.05, 3.63) is 34.9 Å². The van der Waals surface area contributed by atoms with Gasteiger partial charge in [-0.25, -0.2) is 4.79 Å². The first-order valence-corrected chi connectivity index (χ1v) is 12.4. The summed E-state index contributed by atoms with van der Waals surface area (Å²) in [6.07, 6.45) is 10.1. The zero-order valence-corrected chi connectivity index (χ0v) is 21.7. The molecule has 7 nitrogen and oxygen atoms in total. The number of aryl methyl sites for hydroxylation is 2. The molecule has 3 amide bonds. The molecule has 186 valence electrons. The van der Waals surface area contributed by atoms with Crippen molar-refractivity contribution < 1.29 is 19.1 Å². The number of nitrogens with one attached hydrogen (secondary N) is 2. The molecule has 0 aromatic heterocycles. The molecule has 1 aromatic rings. The lowest BCUT2D eigenvalue weighted by atomic mass is 9.93. The lowest BCUT2D eigenvalue weighted by molar-refractivity contribution is -0.138. The van der Waals surface area contributed by atoms with E-state index in [4.69, 9.17) is 11.2 Å². The number of benzene rings is 1. The summed E-state index contributed by atoms with van der Waals surface area (Å²) >= 11 is 4.24. The van der Waals surface area contributed by atoms with Crippen LogP contribution >= 0.6 is 12.6 Å². The highest BCUT2D eigenvalue weighted by molar-refractivity contribution is 7.80. The van der Waals surface area contributed by atoms with E-state index in [1.807, 2.05) is 32.0 Å². The maximum Gasteiger partial charge on any atom is 0.408 e. The van der Waals surface area contributed by atoms with Gasteiger partial charge in [0, 0.05) is 17.8 Å². The third-order valence-corrected chi connectivity index (χ3v) is 6.10. The molecule has 1 saturated carbocycles. The summed E-state index contributed by atoms with van der Waals surface area (Å²) in [5.74, 6) is -0.949. The zero-order valence-electron chi connectivity index (χ0n) is 20.8. The normalized spacial score (nSPS) is 16.0. The van der Waals surface area contributed by atoms with Crippen LogP contribution in [0.5, 0.6) is 0 Å². The van der Waals surface area contributed by atoms with Crippen LogP contribution in [0.2, 0.25) is 0 Å². The van der Waals surface area contributed by atoms with Crippen molar-refractivity contribution in [3.63, 3.8) is 0 Å². The minimum atomic E-state index is -1.07. The summed E-state index contributed by atoms with van der Waals surface area (Å²) in [6, 6.07) is 6.05. The van der Waals surface area contributed by atoms with Gasteiger partial charge in [0.25, 0.3) is 5.91 Å². The van der Waals surface area contributed by atoms with Crippen LogP contribution in [0.3, 0.4) is 0 Å². The Balaban J connectivity index is 2.38. The third kappa shape index (κ3) is 7.69. The van der Waals surface area contributed by atoms with Crippen molar-refractivity contribution in [3.8, 4) is 12.5 Å². The Kier molecular flexibility index (Phi) is 9.87. The number of alkyl carbamates (subject to hydrolysis) is 1. The summed E-state index contributed by atoms with van der Waals surface area (Å²) in [5.41, 5.74) is 1.69. The second-order valence-electron chi connectivity index (χ2n) is 9.82. The third-order valence-electron chi connectivity index (χ3n) is 5.74. The van der Waals surface area contributed by atoms with Crippen LogP contribution in [0.1, 0.15) is 75.6 Å². The number of rotatable bonds is 7. The number of hydrogen-bond donors (Lipinski definition) is 3. The predicted molar refractivity (Wildman–Crippen MR) is 136 cm³/mol. The first-order valence-electron chi connectivity index (χ1n) is 11.7. The average Bonchev–Trinajstić information content (AvgIpc) is 2.76. The molecule has 1 aliphatic carbocycles. The highest BCUT2D eigenvalue weighted by Gasteiger charge is 2.37. The molecule has 0 saturated heterocycles. The van der Waals surface area contributed by atoms with E-state index in [0.29, 0.717) is 5.56 Å². The van der Waals surface area contributed by atoms with Gasteiger partial charge >= 0.3 is 6.09 Å². The average molecular weight is 488 g/mol. The smallest absolute Gasteiger partial charge is 0.408 e. The van der Waals surface area contributed by atoms with E-state index in [2.05, 4.69) is 29.3 Å². The molecule has 0 spiro atoms. The second kappa shape index (κ2) is 12.2. The Morgan fingerprint density at radius 3 is 2.41 bits per heavy atom. The summed E-state index contributed by atoms with van der Waals surface area (Å²) in [7, 11) is 0. The minimum Gasteiger partial charge on any atom is -0.444 e. The number of terminal acetylenes is 1. The van der Waals surface area contributed by atoms with Crippen LogP contribution in [0.4, 0.5) is 4.79 Å². The van der Waals surface area contributed by atoms with Crippen molar-refractivity contribution in [1.29, 1.82) is 0 Å². The van der Waals surface area contributed by atoms with E-state index in [1.54, 1.807) is 20.8 Å². The molecule has 0 aliphatic heterocycles. The number of hydrogen-bond acceptors (Lipinski definition) is 5. The Labute approximate surface area is 208 Å². The first kappa shape index (κ1) is 27.6. The molecule has 2 N–H and O–H groups in total. The first-order chi connectivity index (χ1) is 16.0. The Morgan fingerprint density at radius 1 is 1.21 bits per heavy atom. The Hall–Kier alpha value is -2.66. The van der Waals surface area contributed by atoms with Gasteiger partial charge in [-0.05, 0) is 58.6 Å². The van der Waals surface area contributed by atoms with E-state index >= 15 is 0 Å². The van der Waals surface area contributed by atoms with Crippen molar-refractivity contribution in [2.24, 2.45) is 0 Å². The molecule has 8 heteroatoms. The molecule has 0 bridgehead atoms. The van der Waals surface area contributed by atoms with E-state index in [9.17, 15) is 14.4 Å². The topological polar surface area (TPSA) is 87.7 Å². The number of nitrogens with zero attached hydrogens (tertiary/aromatic N) is 1. The number of carbonyl (C=O) groups excluding carboxylic acids is 3. The highest BCUT2D eigenvalue weighted by Crippen LogP contribution is 2.27. The van der Waals surface area contributed by atoms with Crippen molar-refractivity contribution in [2.75, 3.05) is 5.75 Å². The van der Waals surface area contributed by atoms with Gasteiger partial charge in [-0.2, -0.15) is 12.6 Å². The molecule has 0 radical (unpaired) electrons. The SMILES string of the molecule is C#CN(C(=O)C(CS)NC(=O)OC(C)(C)C)C(C(=O)NC1CCCCC1)c1cc(C)ccc1C. The standard InChI is InChI=1S/C26H37N3O4S/c1-7-29(24(31)21(16-34)28-25(32)33-26(4,5)6)22(20-15-17(2)13-14-18(20)3)23(30)27-19-11-9-8-10-12-19/h1,13-15,19,21-22,34H,8-12,16H2,2-6H3,(H,27,30)(H,28,32). The summed E-state index contributed by atoms with van der Waals surface area (Å²) in [6.45, 7) is 8.98. The van der Waals surface area contributed by atoms with Crippen LogP contribution in [0.25, 0.3) is 0 Å². The molecule has 1 aliphatic rings. The van der Waals surface area contributed by atoms with Crippen LogP contribution < -0.4 is 10.6 Å². The van der Waals surface area contributed by atoms with Gasteiger partial charge in [-0.3, -0.25) is 14.5 Å². The van der Waals surface area contributed by atoms with Crippen LogP contribution in [0, 0.1) is 26.3 Å². The van der Waals surface area contributed by atoms with Crippen molar-refractivity contribution in [1.82, 2.24) is 15.5 Å². The number of amides is 3. The second-order valence-corrected chi connectivity index (χ2v) is 10.2. The molecule has 1 aromatic carbocycles. The lowest BCUT2D eigenvalue weighted by Crippen LogP contribution is -2.53. The van der Waals surface area contributed by atoms with Crippen molar-refractivity contribution in [2.45, 2.75) is 90.4 Å². The molecule has 1 fully saturated rings. The van der Waals surface area contributed by atoms with E-state index < -0.39 is 29.7 Å². The molecule has 2 rings (SSSR count). The fraction of sp³-hybridized carbons (Fsp3) is 0.577. The molecular formula is C26H37N3O4S. The number of carbonyl (C=O) groups is 3. The van der Waals surface area contributed by atoms with Crippen LogP contribution in [-0.4, -0.2) is 46.2 Å². The maximum atomic E-state index is 13.6. The monoisotopic (exact) mass is 487 g/mol. The summed E-state index contributed by atoms with van der Waals surface area (Å²) in [5, 5.41) is 5.64. The van der Waals surface area contributed by atoms with Gasteiger partial charge in [0.2, 0.25) is 5.91 Å². The van der Waals surface area contributed by atoms with Gasteiger partial charge < -0.3 is 15.4 Å². The van der Waals surface area contributed by atoms with Crippen molar-refractivity contribution >= 4 is 30.5 Å². The van der Waals surface area contributed by atoms with Crippen LogP contribution in [0.15, 0.2) is 18.2 Å². The summed E-state index contributed by atoms with van der Waals surface area (Å²) in [4.78, 5) is 40.4. The van der Waals surface area contributed by atoms with Gasteiger partial charge in [0.1, 0.15) is 17.7 Å². The maximum absolute atomic E-state index is 13.6. The molecular weight excluding hydrogens is 450 g/mol. The quantitative estimate of drug-likeness (QED) is 0.308. The largest absolute Gasteiger partial charge is 0.444 e. The molecule has 2 unspecified atom stereocenters. The van der Waals surface area contributed by atoms with E-state index in [-0.39, 0.29) is 17.7 Å². The van der Waals surface area contributed by atoms with Crippen LogP contribution in [-0.2, 0) is 14.3 Å². The van der Waals surface area contributed by atoms with E-state index in [1.165, 1.54) is 0 Å². The lowest BCUT2D eigenvalue weighted by Gasteiger charge is -2.32. The molecule has 2 atom stereocenters. The van der Waals surface area contributed by atoms with Gasteiger partial charge in [0.05, 0.1) is 0 Å². The van der Waals surface area contributed by atoms with Gasteiger partial charge in [-0.1, -0.05) is 49.4 Å². The molecule has 0 heterocycles. The minimum absolute atomic E-state index is 0.0139. The number of ether oxygens (including phenoxy) is 1.